The minimum atomic E-state index is -0.285. The Morgan fingerprint density at radius 3 is 2.78 bits per heavy atom. The molecule has 1 aromatic carbocycles. The molecular weight excluding hydrogens is 252 g/mol. The molecule has 5 nitrogen and oxygen atoms in total. The van der Waals surface area contributed by atoms with E-state index in [-0.39, 0.29) is 17.6 Å². The number of nitrogens with one attached hydrogen (secondary N) is 1. The third-order valence-electron chi connectivity index (χ3n) is 2.16. The van der Waals surface area contributed by atoms with Crippen LogP contribution in [0.15, 0.2) is 24.3 Å². The summed E-state index contributed by atoms with van der Waals surface area (Å²) in [5.41, 5.74) is 6.85. The van der Waals surface area contributed by atoms with Gasteiger partial charge in [-0.3, -0.25) is 9.59 Å². The lowest BCUT2D eigenvalue weighted by Gasteiger charge is -2.07. The number of carbonyl (C=O) groups excluding carboxylic acids is 2. The molecule has 0 heterocycles. The van der Waals surface area contributed by atoms with E-state index < -0.39 is 0 Å². The Morgan fingerprint density at radius 2 is 2.11 bits per heavy atom. The fraction of sp³-hybridized carbons (Fsp3) is 0.333. The highest BCUT2D eigenvalue weighted by atomic mass is 32.2. The van der Waals surface area contributed by atoms with Crippen molar-refractivity contribution in [3.8, 4) is 0 Å². The van der Waals surface area contributed by atoms with Gasteiger partial charge in [0.25, 0.3) is 0 Å². The molecule has 0 aliphatic carbocycles. The Morgan fingerprint density at radius 1 is 1.39 bits per heavy atom. The number of nitrogen functional groups attached to an aromatic ring is 1. The molecular formula is C12H16N2O3S. The minimum Gasteiger partial charge on any atom is -0.468 e. The first-order valence-electron chi connectivity index (χ1n) is 5.42. The van der Waals surface area contributed by atoms with Crippen LogP contribution in [0.25, 0.3) is 0 Å². The largest absolute Gasteiger partial charge is 0.468 e. The molecule has 6 heteroatoms. The molecule has 0 aliphatic rings. The molecule has 1 aromatic rings. The molecule has 98 valence electrons. The van der Waals surface area contributed by atoms with Crippen LogP contribution >= 0.6 is 11.8 Å². The predicted octanol–water partition coefficient (Wildman–Crippen LogP) is 1.50. The third kappa shape index (κ3) is 5.09. The van der Waals surface area contributed by atoms with Crippen molar-refractivity contribution in [2.24, 2.45) is 0 Å². The van der Waals surface area contributed by atoms with Crippen molar-refractivity contribution in [1.82, 2.24) is 0 Å². The van der Waals surface area contributed by atoms with Crippen LogP contribution in [0, 0.1) is 0 Å². The fourth-order valence-corrected chi connectivity index (χ4v) is 1.96. The first kappa shape index (κ1) is 14.4. The summed E-state index contributed by atoms with van der Waals surface area (Å²) in [7, 11) is 1.34. The number of methoxy groups -OCH3 is 1. The van der Waals surface area contributed by atoms with E-state index in [2.05, 4.69) is 10.1 Å². The topological polar surface area (TPSA) is 81.4 Å². The molecule has 0 spiro atoms. The normalized spacial score (nSPS) is 9.83. The maximum atomic E-state index is 11.6. The predicted molar refractivity (Wildman–Crippen MR) is 73.4 cm³/mol. The highest BCUT2D eigenvalue weighted by Gasteiger charge is 2.06. The number of rotatable bonds is 6. The van der Waals surface area contributed by atoms with Gasteiger partial charge in [-0.2, -0.15) is 0 Å². The highest BCUT2D eigenvalue weighted by Crippen LogP contribution is 2.17. The van der Waals surface area contributed by atoms with Crippen molar-refractivity contribution >= 4 is 35.0 Å². The van der Waals surface area contributed by atoms with Gasteiger partial charge in [0, 0.05) is 12.2 Å². The Bertz CT molecular complexity index is 424. The van der Waals surface area contributed by atoms with E-state index in [0.717, 1.165) is 0 Å². The van der Waals surface area contributed by atoms with Gasteiger partial charge in [-0.1, -0.05) is 12.1 Å². The Kier molecular flexibility index (Phi) is 6.07. The number of nitrogens with two attached hydrogens (primary N) is 1. The summed E-state index contributed by atoms with van der Waals surface area (Å²) in [4.78, 5) is 22.4. The zero-order valence-electron chi connectivity index (χ0n) is 10.1. The molecule has 0 aromatic heterocycles. The number of amides is 1. The van der Waals surface area contributed by atoms with Crippen molar-refractivity contribution in [2.45, 2.75) is 6.42 Å². The van der Waals surface area contributed by atoms with Crippen LogP contribution in [0.3, 0.4) is 0 Å². The van der Waals surface area contributed by atoms with Crippen LogP contribution in [0.1, 0.15) is 6.42 Å². The van der Waals surface area contributed by atoms with Gasteiger partial charge in [0.2, 0.25) is 5.91 Å². The minimum absolute atomic E-state index is 0.120. The van der Waals surface area contributed by atoms with Crippen LogP contribution in [0.5, 0.6) is 0 Å². The Labute approximate surface area is 110 Å². The van der Waals surface area contributed by atoms with E-state index in [9.17, 15) is 9.59 Å². The number of hydrogen-bond acceptors (Lipinski definition) is 5. The summed E-state index contributed by atoms with van der Waals surface area (Å²) in [6.45, 7) is 0. The molecule has 0 saturated carbocycles. The zero-order valence-corrected chi connectivity index (χ0v) is 11.0. The molecule has 0 radical (unpaired) electrons. The van der Waals surface area contributed by atoms with Crippen molar-refractivity contribution in [3.63, 3.8) is 0 Å². The lowest BCUT2D eigenvalue weighted by molar-refractivity contribution is -0.137. The molecule has 0 saturated heterocycles. The SMILES string of the molecule is COC(=O)CSCCC(=O)Nc1ccccc1N. The van der Waals surface area contributed by atoms with Crippen molar-refractivity contribution in [2.75, 3.05) is 29.7 Å². The first-order chi connectivity index (χ1) is 8.63. The summed E-state index contributed by atoms with van der Waals surface area (Å²) in [5, 5.41) is 2.72. The van der Waals surface area contributed by atoms with Crippen LogP contribution in [-0.2, 0) is 14.3 Å². The number of benzene rings is 1. The van der Waals surface area contributed by atoms with Gasteiger partial charge in [0.15, 0.2) is 0 Å². The number of esters is 1. The van der Waals surface area contributed by atoms with E-state index in [1.165, 1.54) is 18.9 Å². The molecule has 0 bridgehead atoms. The van der Waals surface area contributed by atoms with Crippen LogP contribution < -0.4 is 11.1 Å². The van der Waals surface area contributed by atoms with E-state index >= 15 is 0 Å². The van der Waals surface area contributed by atoms with Gasteiger partial charge in [-0.15, -0.1) is 11.8 Å². The number of thioether (sulfide) groups is 1. The summed E-state index contributed by atoms with van der Waals surface area (Å²) in [6.07, 6.45) is 0.329. The maximum Gasteiger partial charge on any atom is 0.315 e. The van der Waals surface area contributed by atoms with E-state index in [1.54, 1.807) is 24.3 Å². The number of anilines is 2. The summed E-state index contributed by atoms with van der Waals surface area (Å²) in [5.74, 6) is 0.420. The molecule has 0 fully saturated rings. The van der Waals surface area contributed by atoms with Gasteiger partial charge < -0.3 is 15.8 Å². The zero-order chi connectivity index (χ0) is 13.4. The Hall–Kier alpha value is -1.69. The van der Waals surface area contributed by atoms with Crippen LogP contribution in [0.4, 0.5) is 11.4 Å². The highest BCUT2D eigenvalue weighted by molar-refractivity contribution is 7.99. The van der Waals surface area contributed by atoms with Crippen molar-refractivity contribution in [1.29, 1.82) is 0 Å². The van der Waals surface area contributed by atoms with Crippen LogP contribution in [0.2, 0.25) is 0 Å². The second kappa shape index (κ2) is 7.60. The second-order valence-electron chi connectivity index (χ2n) is 3.51. The van der Waals surface area contributed by atoms with Gasteiger partial charge in [0.1, 0.15) is 0 Å². The monoisotopic (exact) mass is 268 g/mol. The fourth-order valence-electron chi connectivity index (χ4n) is 1.20. The lowest BCUT2D eigenvalue weighted by atomic mass is 10.2. The molecule has 0 aliphatic heterocycles. The maximum absolute atomic E-state index is 11.6. The van der Waals surface area contributed by atoms with E-state index in [4.69, 9.17) is 5.73 Å². The standard InChI is InChI=1S/C12H16N2O3S/c1-17-12(16)8-18-7-6-11(15)14-10-5-3-2-4-9(10)13/h2-5H,6-8,13H2,1H3,(H,14,15). The van der Waals surface area contributed by atoms with Crippen molar-refractivity contribution < 1.29 is 14.3 Å². The molecule has 0 atom stereocenters. The Balaban J connectivity index is 2.26. The van der Waals surface area contributed by atoms with E-state index in [1.807, 2.05) is 0 Å². The summed E-state index contributed by atoms with van der Waals surface area (Å²) in [6, 6.07) is 7.08. The average molecular weight is 268 g/mol. The van der Waals surface area contributed by atoms with Gasteiger partial charge in [0.05, 0.1) is 24.2 Å². The smallest absolute Gasteiger partial charge is 0.315 e. The third-order valence-corrected chi connectivity index (χ3v) is 3.09. The number of carbonyl (C=O) groups is 2. The molecule has 1 rings (SSSR count). The number of hydrogen-bond donors (Lipinski definition) is 2. The lowest BCUT2D eigenvalue weighted by Crippen LogP contribution is -2.14. The van der Waals surface area contributed by atoms with Gasteiger partial charge >= 0.3 is 5.97 Å². The summed E-state index contributed by atoms with van der Waals surface area (Å²) < 4.78 is 4.49. The van der Waals surface area contributed by atoms with Gasteiger partial charge in [-0.05, 0) is 12.1 Å². The molecule has 18 heavy (non-hydrogen) atoms. The number of ether oxygens (including phenoxy) is 1. The van der Waals surface area contributed by atoms with E-state index in [0.29, 0.717) is 23.5 Å². The average Bonchev–Trinajstić information content (AvgIpc) is 2.37. The quantitative estimate of drug-likeness (QED) is 0.464. The molecule has 3 N–H and O–H groups in total. The van der Waals surface area contributed by atoms with Crippen LogP contribution in [-0.4, -0.2) is 30.5 Å². The van der Waals surface area contributed by atoms with Gasteiger partial charge in [-0.25, -0.2) is 0 Å². The second-order valence-corrected chi connectivity index (χ2v) is 4.62. The summed E-state index contributed by atoms with van der Waals surface area (Å²) >= 11 is 1.36. The molecule has 0 unspecified atom stereocenters. The number of para-hydroxylation sites is 2. The molecule has 1 amide bonds. The van der Waals surface area contributed by atoms with Crippen molar-refractivity contribution in [3.05, 3.63) is 24.3 Å². The first-order valence-corrected chi connectivity index (χ1v) is 6.58.